The van der Waals surface area contributed by atoms with Gasteiger partial charge in [0, 0.05) is 0 Å². The topological polar surface area (TPSA) is 0 Å². The average Bonchev–Trinajstić information content (AvgIpc) is 2.70. The second-order valence-corrected chi connectivity index (χ2v) is 4.77. The Morgan fingerprint density at radius 3 is 1.06 bits per heavy atom. The molecule has 0 spiro atoms. The molecule has 94 valence electrons. The van der Waals surface area contributed by atoms with Crippen molar-refractivity contribution in [3.63, 3.8) is 0 Å². The summed E-state index contributed by atoms with van der Waals surface area (Å²) in [6.45, 7) is 12.9. The van der Waals surface area contributed by atoms with Gasteiger partial charge in [-0.3, -0.25) is 12.2 Å². The van der Waals surface area contributed by atoms with Gasteiger partial charge in [0.15, 0.2) is 0 Å². The third-order valence-corrected chi connectivity index (χ3v) is 3.64. The summed E-state index contributed by atoms with van der Waals surface area (Å²) >= 11 is 0. The molecule has 0 bridgehead atoms. The van der Waals surface area contributed by atoms with E-state index in [1.54, 1.807) is 0 Å². The predicted octanol–water partition coefficient (Wildman–Crippen LogP) is 5.17. The quantitative estimate of drug-likeness (QED) is 0.418. The van der Waals surface area contributed by atoms with Crippen LogP contribution in [0.3, 0.4) is 0 Å². The van der Waals surface area contributed by atoms with Crippen LogP contribution in [0.15, 0.2) is 33.4 Å². The molecule has 0 heterocycles. The van der Waals surface area contributed by atoms with Gasteiger partial charge in [0.05, 0.1) is 0 Å². The maximum Gasteiger partial charge on any atom is 2.00 e. The van der Waals surface area contributed by atoms with E-state index in [1.807, 2.05) is 0 Å². The van der Waals surface area contributed by atoms with Crippen LogP contribution in [0.5, 0.6) is 0 Å². The van der Waals surface area contributed by atoms with Crippen LogP contribution in [0.25, 0.3) is 0 Å². The van der Waals surface area contributed by atoms with Crippen LogP contribution < -0.4 is 0 Å². The van der Waals surface area contributed by atoms with Crippen LogP contribution >= 0.6 is 0 Å². The summed E-state index contributed by atoms with van der Waals surface area (Å²) in [6, 6.07) is 0. The van der Waals surface area contributed by atoms with Gasteiger partial charge in [-0.05, 0) is 0 Å². The molecule has 0 atom stereocenters. The maximum absolute atomic E-state index is 3.26. The van der Waals surface area contributed by atoms with E-state index in [0.717, 1.165) is 12.8 Å². The minimum absolute atomic E-state index is 0. The van der Waals surface area contributed by atoms with Crippen molar-refractivity contribution in [1.82, 2.24) is 0 Å². The van der Waals surface area contributed by atoms with Crippen molar-refractivity contribution in [3.8, 4) is 0 Å². The molecule has 0 N–H and O–H groups in total. The summed E-state index contributed by atoms with van der Waals surface area (Å²) in [4.78, 5) is 0. The molecule has 2 aliphatic carbocycles. The first-order valence-electron chi connectivity index (χ1n) is 5.91. The molecular weight excluding hydrogens is 240 g/mol. The first-order chi connectivity index (χ1) is 7.43. The number of hydrogen-bond donors (Lipinski definition) is 0. The molecule has 0 saturated heterocycles. The van der Waals surface area contributed by atoms with E-state index in [9.17, 15) is 0 Å². The normalized spacial score (nSPS) is 18.5. The van der Waals surface area contributed by atoms with Crippen molar-refractivity contribution in [2.75, 3.05) is 0 Å². The van der Waals surface area contributed by atoms with Crippen LogP contribution in [-0.2, 0) is 21.7 Å². The largest absolute Gasteiger partial charge is 2.00 e. The molecule has 17 heavy (non-hydrogen) atoms. The van der Waals surface area contributed by atoms with E-state index >= 15 is 0 Å². The first-order valence-corrected chi connectivity index (χ1v) is 5.91. The SMILES string of the molecule is CC1=[C-]CC(C)=C1C.CC1=[C-]CC(C)=C1C.[H-].[H-].[Ti+2]. The Bertz CT molecular complexity index is 361. The van der Waals surface area contributed by atoms with Gasteiger partial charge in [-0.15, -0.1) is 26.7 Å². The standard InChI is InChI=1S/2C8H11.Ti.2H/c2*1-6-4-5-7(2)8(6)3;;;/h2*4H2,1-3H3;;;/q2*-1;+2;2*-1. The zero-order chi connectivity index (χ0) is 12.3. The summed E-state index contributed by atoms with van der Waals surface area (Å²) in [5, 5.41) is 0. The molecule has 0 amide bonds. The molecule has 0 saturated carbocycles. The minimum Gasteiger partial charge on any atom is -1.00 e. The van der Waals surface area contributed by atoms with Crippen molar-refractivity contribution in [3.05, 3.63) is 45.6 Å². The number of rotatable bonds is 0. The first kappa shape index (κ1) is 16.7. The van der Waals surface area contributed by atoms with Gasteiger partial charge in [-0.1, -0.05) is 27.7 Å². The Morgan fingerprint density at radius 2 is 1.00 bits per heavy atom. The van der Waals surface area contributed by atoms with Gasteiger partial charge in [0.25, 0.3) is 0 Å². The summed E-state index contributed by atoms with van der Waals surface area (Å²) in [6.07, 6.45) is 8.63. The molecule has 0 aliphatic heterocycles. The average molecular weight is 264 g/mol. The van der Waals surface area contributed by atoms with Crippen LogP contribution in [0.2, 0.25) is 0 Å². The predicted molar refractivity (Wildman–Crippen MR) is 73.1 cm³/mol. The molecule has 0 radical (unpaired) electrons. The van der Waals surface area contributed by atoms with E-state index < -0.39 is 0 Å². The zero-order valence-corrected chi connectivity index (χ0v) is 13.5. The van der Waals surface area contributed by atoms with Crippen molar-refractivity contribution in [1.29, 1.82) is 0 Å². The van der Waals surface area contributed by atoms with Gasteiger partial charge >= 0.3 is 21.7 Å². The molecule has 2 aliphatic rings. The number of allylic oxidation sites excluding steroid dienone is 8. The summed E-state index contributed by atoms with van der Waals surface area (Å²) in [5.41, 5.74) is 8.49. The fourth-order valence-electron chi connectivity index (χ4n) is 1.70. The summed E-state index contributed by atoms with van der Waals surface area (Å²) in [5.74, 6) is 0. The Balaban J connectivity index is -0.000000233. The third kappa shape index (κ3) is 4.45. The smallest absolute Gasteiger partial charge is 1.00 e. The van der Waals surface area contributed by atoms with E-state index in [2.05, 4.69) is 53.7 Å². The monoisotopic (exact) mass is 264 g/mol. The van der Waals surface area contributed by atoms with Crippen LogP contribution in [0, 0.1) is 12.2 Å². The Morgan fingerprint density at radius 1 is 0.706 bits per heavy atom. The fraction of sp³-hybridized carbons (Fsp3) is 0.500. The van der Waals surface area contributed by atoms with Crippen LogP contribution in [0.4, 0.5) is 0 Å². The Hall–Kier alpha value is -0.326. The molecule has 0 aromatic heterocycles. The molecule has 1 heteroatoms. The second-order valence-electron chi connectivity index (χ2n) is 4.77. The zero-order valence-electron chi connectivity index (χ0n) is 13.9. The molecule has 0 fully saturated rings. The maximum atomic E-state index is 3.26. The number of hydrogen-bond acceptors (Lipinski definition) is 0. The second kappa shape index (κ2) is 7.18. The van der Waals surface area contributed by atoms with Crippen LogP contribution in [-0.4, -0.2) is 0 Å². The van der Waals surface area contributed by atoms with Crippen molar-refractivity contribution >= 4 is 0 Å². The summed E-state index contributed by atoms with van der Waals surface area (Å²) < 4.78 is 0. The van der Waals surface area contributed by atoms with E-state index in [4.69, 9.17) is 0 Å². The van der Waals surface area contributed by atoms with Crippen molar-refractivity contribution < 1.29 is 24.6 Å². The van der Waals surface area contributed by atoms with Gasteiger partial charge in [-0.25, -0.2) is 11.1 Å². The minimum atomic E-state index is 0. The molecule has 0 nitrogen and oxygen atoms in total. The molecule has 0 unspecified atom stereocenters. The Kier molecular flexibility index (Phi) is 7.05. The molecular formula is C16H24Ti-2. The van der Waals surface area contributed by atoms with Crippen LogP contribution in [0.1, 0.15) is 57.2 Å². The Labute approximate surface area is 124 Å². The van der Waals surface area contributed by atoms with E-state index in [0.29, 0.717) is 0 Å². The van der Waals surface area contributed by atoms with Crippen molar-refractivity contribution in [2.45, 2.75) is 54.4 Å². The summed E-state index contributed by atoms with van der Waals surface area (Å²) in [7, 11) is 0. The fourth-order valence-corrected chi connectivity index (χ4v) is 1.70. The third-order valence-electron chi connectivity index (χ3n) is 3.64. The molecule has 2 rings (SSSR count). The van der Waals surface area contributed by atoms with E-state index in [1.165, 1.54) is 33.4 Å². The molecule has 0 aromatic carbocycles. The van der Waals surface area contributed by atoms with Gasteiger partial charge in [0.1, 0.15) is 0 Å². The van der Waals surface area contributed by atoms with Gasteiger partial charge < -0.3 is 2.85 Å². The molecule has 0 aromatic rings. The van der Waals surface area contributed by atoms with Crippen molar-refractivity contribution in [2.24, 2.45) is 0 Å². The van der Waals surface area contributed by atoms with Gasteiger partial charge in [-0.2, -0.15) is 22.3 Å². The van der Waals surface area contributed by atoms with Gasteiger partial charge in [0.2, 0.25) is 0 Å². The van der Waals surface area contributed by atoms with E-state index in [-0.39, 0.29) is 24.6 Å².